The number of hydrogen-bond donors (Lipinski definition) is 0. The second-order valence-electron chi connectivity index (χ2n) is 10.4. The maximum atomic E-state index is 6.53. The summed E-state index contributed by atoms with van der Waals surface area (Å²) in [6.07, 6.45) is 36.2. The van der Waals surface area contributed by atoms with Crippen molar-refractivity contribution in [3.63, 3.8) is 0 Å². The Balaban J connectivity index is 2.20. The zero-order chi connectivity index (χ0) is 25.5. The van der Waals surface area contributed by atoms with Crippen LogP contribution in [0.2, 0.25) is 0 Å². The SMILES string of the molecule is C=CCCCCCC1(CCCCCC=CCC=CCC=CCCCCC)OCC(CCN(C)C)O1. The van der Waals surface area contributed by atoms with Crippen LogP contribution in [0.15, 0.2) is 49.1 Å². The molecule has 1 heterocycles. The molecule has 0 N–H and O–H groups in total. The van der Waals surface area contributed by atoms with Crippen molar-refractivity contribution in [1.82, 2.24) is 4.90 Å². The summed E-state index contributed by atoms with van der Waals surface area (Å²) in [6.45, 7) is 7.91. The average molecular weight is 488 g/mol. The molecule has 0 saturated carbocycles. The van der Waals surface area contributed by atoms with E-state index in [0.29, 0.717) is 0 Å². The minimum Gasteiger partial charge on any atom is -0.347 e. The molecule has 3 heteroatoms. The Morgan fingerprint density at radius 3 is 1.91 bits per heavy atom. The molecule has 0 aliphatic carbocycles. The summed E-state index contributed by atoms with van der Waals surface area (Å²) in [4.78, 5) is 2.23. The van der Waals surface area contributed by atoms with Crippen molar-refractivity contribution in [2.75, 3.05) is 27.2 Å². The zero-order valence-corrected chi connectivity index (χ0v) is 23.5. The van der Waals surface area contributed by atoms with Gasteiger partial charge >= 0.3 is 0 Å². The van der Waals surface area contributed by atoms with E-state index in [2.05, 4.69) is 69.0 Å². The monoisotopic (exact) mass is 487 g/mol. The van der Waals surface area contributed by atoms with E-state index < -0.39 is 0 Å². The third kappa shape index (κ3) is 17.8. The molecule has 35 heavy (non-hydrogen) atoms. The largest absolute Gasteiger partial charge is 0.347 e. The normalized spacial score (nSPS) is 20.9. The Bertz CT molecular complexity index is 580. The molecule has 0 bridgehead atoms. The molecule has 1 fully saturated rings. The van der Waals surface area contributed by atoms with Gasteiger partial charge in [0, 0.05) is 19.4 Å². The summed E-state index contributed by atoms with van der Waals surface area (Å²) in [5, 5.41) is 0. The van der Waals surface area contributed by atoms with Crippen molar-refractivity contribution in [3.8, 4) is 0 Å². The molecule has 1 aliphatic rings. The molecule has 202 valence electrons. The Morgan fingerprint density at radius 2 is 1.34 bits per heavy atom. The highest BCUT2D eigenvalue weighted by Gasteiger charge is 2.40. The van der Waals surface area contributed by atoms with Crippen molar-refractivity contribution >= 4 is 0 Å². The van der Waals surface area contributed by atoms with E-state index in [4.69, 9.17) is 9.47 Å². The predicted molar refractivity (Wildman–Crippen MR) is 154 cm³/mol. The van der Waals surface area contributed by atoms with E-state index in [1.54, 1.807) is 0 Å². The van der Waals surface area contributed by atoms with Crippen LogP contribution in [-0.4, -0.2) is 44.0 Å². The van der Waals surface area contributed by atoms with Crippen LogP contribution in [0, 0.1) is 0 Å². The van der Waals surface area contributed by atoms with Gasteiger partial charge in [-0.1, -0.05) is 75.1 Å². The predicted octanol–water partition coefficient (Wildman–Crippen LogP) is 9.17. The van der Waals surface area contributed by atoms with Gasteiger partial charge in [-0.25, -0.2) is 0 Å². The van der Waals surface area contributed by atoms with Crippen LogP contribution in [-0.2, 0) is 9.47 Å². The molecule has 0 radical (unpaired) electrons. The molecule has 2 unspecified atom stereocenters. The van der Waals surface area contributed by atoms with Gasteiger partial charge in [-0.2, -0.15) is 0 Å². The van der Waals surface area contributed by atoms with Crippen molar-refractivity contribution in [2.24, 2.45) is 0 Å². The maximum Gasteiger partial charge on any atom is 0.168 e. The van der Waals surface area contributed by atoms with Gasteiger partial charge in [0.2, 0.25) is 0 Å². The first-order valence-corrected chi connectivity index (χ1v) is 14.6. The number of rotatable bonds is 23. The fraction of sp³-hybridized carbons (Fsp3) is 0.750. The summed E-state index contributed by atoms with van der Waals surface area (Å²) < 4.78 is 12.9. The van der Waals surface area contributed by atoms with E-state index >= 15 is 0 Å². The highest BCUT2D eigenvalue weighted by Crippen LogP contribution is 2.35. The summed E-state index contributed by atoms with van der Waals surface area (Å²) in [5.41, 5.74) is 0. The van der Waals surface area contributed by atoms with E-state index in [0.717, 1.165) is 51.7 Å². The Kier molecular flexibility index (Phi) is 20.1. The Labute approximate surface area is 218 Å². The van der Waals surface area contributed by atoms with Gasteiger partial charge in [-0.05, 0) is 84.7 Å². The molecular weight excluding hydrogens is 430 g/mol. The van der Waals surface area contributed by atoms with Crippen LogP contribution in [0.3, 0.4) is 0 Å². The maximum absolute atomic E-state index is 6.53. The lowest BCUT2D eigenvalue weighted by Crippen LogP contribution is -2.31. The molecule has 3 nitrogen and oxygen atoms in total. The molecule has 0 aromatic carbocycles. The molecule has 0 aromatic rings. The molecule has 2 atom stereocenters. The summed E-state index contributed by atoms with van der Waals surface area (Å²) >= 11 is 0. The average Bonchev–Trinajstić information content (AvgIpc) is 3.25. The third-order valence-electron chi connectivity index (χ3n) is 6.73. The fourth-order valence-electron chi connectivity index (χ4n) is 4.53. The summed E-state index contributed by atoms with van der Waals surface area (Å²) in [5.74, 6) is -0.337. The van der Waals surface area contributed by atoms with Gasteiger partial charge in [-0.15, -0.1) is 6.58 Å². The third-order valence-corrected chi connectivity index (χ3v) is 6.73. The lowest BCUT2D eigenvalue weighted by Gasteiger charge is -2.28. The standard InChI is InChI=1S/C32H57NO2/c1-5-7-9-11-12-13-14-15-16-17-18-19-20-21-23-25-28-32(27-24-22-10-8-6-2)34-30-31(35-32)26-29-33(3)4/h6,12-13,15-16,18-19,31H,2,5,7-11,14,17,20-30H2,1,3-4H3. The van der Waals surface area contributed by atoms with Crippen molar-refractivity contribution in [2.45, 2.75) is 128 Å². The molecule has 1 rings (SSSR count). The quantitative estimate of drug-likeness (QED) is 0.106. The first kappa shape index (κ1) is 31.9. The molecule has 1 aliphatic heterocycles. The number of ether oxygens (including phenoxy) is 2. The van der Waals surface area contributed by atoms with E-state index in [1.807, 2.05) is 6.08 Å². The number of allylic oxidation sites excluding steroid dienone is 7. The second kappa shape index (κ2) is 22.1. The second-order valence-corrected chi connectivity index (χ2v) is 10.4. The molecular formula is C32H57NO2. The van der Waals surface area contributed by atoms with Crippen LogP contribution >= 0.6 is 0 Å². The number of nitrogens with zero attached hydrogens (tertiary/aromatic N) is 1. The van der Waals surface area contributed by atoms with Crippen molar-refractivity contribution in [3.05, 3.63) is 49.1 Å². The minimum absolute atomic E-state index is 0.248. The topological polar surface area (TPSA) is 21.7 Å². The zero-order valence-electron chi connectivity index (χ0n) is 23.5. The Hall–Kier alpha value is -1.16. The van der Waals surface area contributed by atoms with Gasteiger partial charge in [0.15, 0.2) is 5.79 Å². The van der Waals surface area contributed by atoms with Crippen LogP contribution in [0.1, 0.15) is 116 Å². The lowest BCUT2D eigenvalue weighted by molar-refractivity contribution is -0.180. The van der Waals surface area contributed by atoms with Crippen LogP contribution in [0.5, 0.6) is 0 Å². The van der Waals surface area contributed by atoms with Crippen LogP contribution in [0.4, 0.5) is 0 Å². The first-order chi connectivity index (χ1) is 17.1. The first-order valence-electron chi connectivity index (χ1n) is 14.6. The molecule has 0 aromatic heterocycles. The molecule has 1 saturated heterocycles. The van der Waals surface area contributed by atoms with Gasteiger partial charge in [-0.3, -0.25) is 0 Å². The van der Waals surface area contributed by atoms with E-state index in [9.17, 15) is 0 Å². The Morgan fingerprint density at radius 1 is 0.771 bits per heavy atom. The van der Waals surface area contributed by atoms with Crippen molar-refractivity contribution in [1.29, 1.82) is 0 Å². The minimum atomic E-state index is -0.337. The molecule has 0 amide bonds. The summed E-state index contributed by atoms with van der Waals surface area (Å²) in [7, 11) is 4.25. The van der Waals surface area contributed by atoms with Gasteiger partial charge < -0.3 is 14.4 Å². The van der Waals surface area contributed by atoms with Gasteiger partial charge in [0.25, 0.3) is 0 Å². The van der Waals surface area contributed by atoms with Gasteiger partial charge in [0.1, 0.15) is 0 Å². The van der Waals surface area contributed by atoms with E-state index in [1.165, 1.54) is 70.6 Å². The van der Waals surface area contributed by atoms with E-state index in [-0.39, 0.29) is 11.9 Å². The van der Waals surface area contributed by atoms with Crippen LogP contribution < -0.4 is 0 Å². The van der Waals surface area contributed by atoms with Crippen LogP contribution in [0.25, 0.3) is 0 Å². The van der Waals surface area contributed by atoms with Gasteiger partial charge in [0.05, 0.1) is 12.7 Å². The number of unbranched alkanes of at least 4 members (excludes halogenated alkanes) is 9. The fourth-order valence-corrected chi connectivity index (χ4v) is 4.53. The summed E-state index contributed by atoms with van der Waals surface area (Å²) in [6, 6.07) is 0. The van der Waals surface area contributed by atoms with Crippen molar-refractivity contribution < 1.29 is 9.47 Å². The lowest BCUT2D eigenvalue weighted by atomic mass is 9.99. The number of hydrogen-bond acceptors (Lipinski definition) is 3. The highest BCUT2D eigenvalue weighted by atomic mass is 16.7. The highest BCUT2D eigenvalue weighted by molar-refractivity contribution is 4.97. The smallest absolute Gasteiger partial charge is 0.168 e. The molecule has 0 spiro atoms.